The summed E-state index contributed by atoms with van der Waals surface area (Å²) in [7, 11) is 0. The maximum atomic E-state index is 11.1. The van der Waals surface area contributed by atoms with Crippen LogP contribution in [0.25, 0.3) is 0 Å². The van der Waals surface area contributed by atoms with Gasteiger partial charge in [0.1, 0.15) is 5.75 Å². The molecule has 0 N–H and O–H groups in total. The Labute approximate surface area is 138 Å². The van der Waals surface area contributed by atoms with Crippen LogP contribution in [0.2, 0.25) is 0 Å². The third kappa shape index (κ3) is 3.78. The van der Waals surface area contributed by atoms with E-state index in [4.69, 9.17) is 4.74 Å². The first-order valence-corrected chi connectivity index (χ1v) is 7.42. The van der Waals surface area contributed by atoms with Crippen LogP contribution < -0.4 is 9.64 Å². The molecule has 0 radical (unpaired) electrons. The molecule has 8 heteroatoms. The summed E-state index contributed by atoms with van der Waals surface area (Å²) < 4.78 is 5.52. The predicted octanol–water partition coefficient (Wildman–Crippen LogP) is 4.14. The Kier molecular flexibility index (Phi) is 5.31. The van der Waals surface area contributed by atoms with E-state index >= 15 is 0 Å². The zero-order chi connectivity index (χ0) is 17.7. The molecular weight excluding hydrogens is 314 g/mol. The molecule has 0 aliphatic carbocycles. The summed E-state index contributed by atoms with van der Waals surface area (Å²) in [4.78, 5) is 22.6. The molecule has 0 amide bonds. The van der Waals surface area contributed by atoms with Crippen molar-refractivity contribution in [3.63, 3.8) is 0 Å². The van der Waals surface area contributed by atoms with Gasteiger partial charge in [0.2, 0.25) is 5.75 Å². The second-order valence-corrected chi connectivity index (χ2v) is 4.93. The molecule has 0 atom stereocenters. The second kappa shape index (κ2) is 7.40. The molecule has 2 aromatic carbocycles. The van der Waals surface area contributed by atoms with E-state index in [0.717, 1.165) is 24.8 Å². The largest absolute Gasteiger partial charge is 0.450 e. The number of nitro benzene ring substituents is 2. The Morgan fingerprint density at radius 2 is 1.58 bits per heavy atom. The van der Waals surface area contributed by atoms with Crippen LogP contribution >= 0.6 is 0 Å². The number of ether oxygens (including phenoxy) is 1. The van der Waals surface area contributed by atoms with E-state index in [1.807, 2.05) is 26.0 Å². The number of hydrogen-bond donors (Lipinski definition) is 0. The number of nitro groups is 2. The molecule has 0 unspecified atom stereocenters. The van der Waals surface area contributed by atoms with Gasteiger partial charge in [0.25, 0.3) is 5.69 Å². The molecule has 0 aromatic heterocycles. The average molecular weight is 331 g/mol. The second-order valence-electron chi connectivity index (χ2n) is 4.93. The van der Waals surface area contributed by atoms with Crippen LogP contribution in [-0.4, -0.2) is 22.9 Å². The zero-order valence-electron chi connectivity index (χ0n) is 13.3. The Morgan fingerprint density at radius 3 is 2.08 bits per heavy atom. The number of rotatable bonds is 7. The minimum atomic E-state index is -0.702. The van der Waals surface area contributed by atoms with Gasteiger partial charge >= 0.3 is 5.69 Å². The van der Waals surface area contributed by atoms with Crippen molar-refractivity contribution in [2.24, 2.45) is 0 Å². The van der Waals surface area contributed by atoms with Gasteiger partial charge in [0.05, 0.1) is 15.9 Å². The molecule has 0 saturated carbocycles. The number of anilines is 1. The first-order valence-electron chi connectivity index (χ1n) is 7.42. The fraction of sp³-hybridized carbons (Fsp3) is 0.250. The standard InChI is InChI=1S/C16H17N3O5/c1-3-17(4-2)12-5-8-14(9-6-12)24-16-10-7-13(18(20)21)11-15(16)19(22)23/h5-11H,3-4H2,1-2H3. The van der Waals surface area contributed by atoms with Crippen LogP contribution in [0.1, 0.15) is 13.8 Å². The molecule has 2 rings (SSSR count). The van der Waals surface area contributed by atoms with Gasteiger partial charge in [0, 0.05) is 24.8 Å². The van der Waals surface area contributed by atoms with Crippen molar-refractivity contribution >= 4 is 17.1 Å². The van der Waals surface area contributed by atoms with E-state index in [1.165, 1.54) is 12.1 Å². The van der Waals surface area contributed by atoms with Gasteiger partial charge in [-0.3, -0.25) is 20.2 Å². The third-order valence-corrected chi connectivity index (χ3v) is 3.54. The molecular formula is C16H17N3O5. The highest BCUT2D eigenvalue weighted by Gasteiger charge is 2.21. The molecule has 24 heavy (non-hydrogen) atoms. The lowest BCUT2D eigenvalue weighted by Crippen LogP contribution is -2.21. The number of nitrogens with zero attached hydrogens (tertiary/aromatic N) is 3. The number of non-ortho nitro benzene ring substituents is 1. The third-order valence-electron chi connectivity index (χ3n) is 3.54. The van der Waals surface area contributed by atoms with Crippen molar-refractivity contribution < 1.29 is 14.6 Å². The topological polar surface area (TPSA) is 98.8 Å². The molecule has 0 bridgehead atoms. The maximum absolute atomic E-state index is 11.1. The fourth-order valence-corrected chi connectivity index (χ4v) is 2.29. The van der Waals surface area contributed by atoms with E-state index in [9.17, 15) is 20.2 Å². The summed E-state index contributed by atoms with van der Waals surface area (Å²) in [5, 5.41) is 21.8. The monoisotopic (exact) mass is 331 g/mol. The highest BCUT2D eigenvalue weighted by molar-refractivity contribution is 5.56. The highest BCUT2D eigenvalue weighted by Crippen LogP contribution is 2.34. The summed E-state index contributed by atoms with van der Waals surface area (Å²) in [6.45, 7) is 5.83. The molecule has 0 aliphatic heterocycles. The number of hydrogen-bond acceptors (Lipinski definition) is 6. The molecule has 2 aromatic rings. The quantitative estimate of drug-likeness (QED) is 0.558. The van der Waals surface area contributed by atoms with Crippen molar-refractivity contribution in [1.29, 1.82) is 0 Å². The van der Waals surface area contributed by atoms with Crippen LogP contribution in [0.15, 0.2) is 42.5 Å². The normalized spacial score (nSPS) is 10.2. The van der Waals surface area contributed by atoms with Gasteiger partial charge in [-0.05, 0) is 44.2 Å². The Balaban J connectivity index is 2.27. The summed E-state index contributed by atoms with van der Waals surface area (Å²) in [5.41, 5.74) is 0.216. The van der Waals surface area contributed by atoms with E-state index in [-0.39, 0.29) is 11.4 Å². The molecule has 0 fully saturated rings. The Hall–Kier alpha value is -3.16. The van der Waals surface area contributed by atoms with E-state index < -0.39 is 15.5 Å². The van der Waals surface area contributed by atoms with Crippen LogP contribution in [0.5, 0.6) is 11.5 Å². The smallest absolute Gasteiger partial charge is 0.318 e. The number of benzene rings is 2. The lowest BCUT2D eigenvalue weighted by molar-refractivity contribution is -0.394. The molecule has 0 saturated heterocycles. The van der Waals surface area contributed by atoms with Gasteiger partial charge in [-0.1, -0.05) is 0 Å². The van der Waals surface area contributed by atoms with Crippen LogP contribution in [0.3, 0.4) is 0 Å². The summed E-state index contributed by atoms with van der Waals surface area (Å²) in [6.07, 6.45) is 0. The summed E-state index contributed by atoms with van der Waals surface area (Å²) in [6, 6.07) is 10.4. The van der Waals surface area contributed by atoms with E-state index in [2.05, 4.69) is 4.90 Å². The predicted molar refractivity (Wildman–Crippen MR) is 89.8 cm³/mol. The van der Waals surface area contributed by atoms with Crippen LogP contribution in [0.4, 0.5) is 17.1 Å². The molecule has 0 spiro atoms. The SMILES string of the molecule is CCN(CC)c1ccc(Oc2ccc([N+](=O)[O-])cc2[N+](=O)[O-])cc1. The zero-order valence-corrected chi connectivity index (χ0v) is 13.3. The summed E-state index contributed by atoms with van der Waals surface area (Å²) >= 11 is 0. The van der Waals surface area contributed by atoms with Crippen molar-refractivity contribution in [1.82, 2.24) is 0 Å². The van der Waals surface area contributed by atoms with Gasteiger partial charge in [-0.15, -0.1) is 0 Å². The van der Waals surface area contributed by atoms with E-state index in [0.29, 0.717) is 5.75 Å². The Morgan fingerprint density at radius 1 is 0.958 bits per heavy atom. The lowest BCUT2D eigenvalue weighted by Gasteiger charge is -2.21. The summed E-state index contributed by atoms with van der Waals surface area (Å²) in [5.74, 6) is 0.379. The van der Waals surface area contributed by atoms with Gasteiger partial charge in [0.15, 0.2) is 0 Å². The minimum Gasteiger partial charge on any atom is -0.450 e. The highest BCUT2D eigenvalue weighted by atomic mass is 16.6. The molecule has 126 valence electrons. The fourth-order valence-electron chi connectivity index (χ4n) is 2.29. The van der Waals surface area contributed by atoms with Crippen molar-refractivity contribution in [2.45, 2.75) is 13.8 Å². The molecule has 0 heterocycles. The molecule has 8 nitrogen and oxygen atoms in total. The maximum Gasteiger partial charge on any atom is 0.318 e. The van der Waals surface area contributed by atoms with Gasteiger partial charge in [-0.25, -0.2) is 0 Å². The van der Waals surface area contributed by atoms with Crippen molar-refractivity contribution in [2.75, 3.05) is 18.0 Å². The van der Waals surface area contributed by atoms with Crippen LogP contribution in [-0.2, 0) is 0 Å². The average Bonchev–Trinajstić information content (AvgIpc) is 2.57. The minimum absolute atomic E-state index is 0.0406. The first kappa shape index (κ1) is 17.2. The molecule has 0 aliphatic rings. The van der Waals surface area contributed by atoms with Gasteiger partial charge in [-0.2, -0.15) is 0 Å². The van der Waals surface area contributed by atoms with Crippen molar-refractivity contribution in [3.8, 4) is 11.5 Å². The van der Waals surface area contributed by atoms with Gasteiger partial charge < -0.3 is 9.64 Å². The Bertz CT molecular complexity index is 742. The lowest BCUT2D eigenvalue weighted by atomic mass is 10.2. The van der Waals surface area contributed by atoms with Crippen LogP contribution in [0, 0.1) is 20.2 Å². The van der Waals surface area contributed by atoms with E-state index in [1.54, 1.807) is 12.1 Å². The first-order chi connectivity index (χ1) is 11.5. The van der Waals surface area contributed by atoms with Crippen molar-refractivity contribution in [3.05, 3.63) is 62.7 Å².